The highest BCUT2D eigenvalue weighted by Gasteiger charge is 2.27. The minimum absolute atomic E-state index is 0.192. The topological polar surface area (TPSA) is 72.2 Å². The molecule has 4 nitrogen and oxygen atoms in total. The van der Waals surface area contributed by atoms with Crippen molar-refractivity contribution in [2.75, 3.05) is 11.2 Å². The van der Waals surface area contributed by atoms with Gasteiger partial charge in [-0.25, -0.2) is 0 Å². The second-order valence-electron chi connectivity index (χ2n) is 4.38. The highest BCUT2D eigenvalue weighted by Crippen LogP contribution is 2.22. The molecule has 0 unspecified atom stereocenters. The van der Waals surface area contributed by atoms with Crippen LogP contribution in [0.4, 0.5) is 5.69 Å². The molecular weight excluding hydrogens is 240 g/mol. The molecule has 1 rings (SSSR count). The van der Waals surface area contributed by atoms with Gasteiger partial charge in [0.1, 0.15) is 0 Å². The van der Waals surface area contributed by atoms with E-state index in [9.17, 15) is 9.59 Å². The van der Waals surface area contributed by atoms with Crippen LogP contribution in [-0.2, 0) is 4.79 Å². The van der Waals surface area contributed by atoms with E-state index in [1.807, 2.05) is 0 Å². The molecule has 3 N–H and O–H groups in total. The van der Waals surface area contributed by atoms with Crippen molar-refractivity contribution in [3.05, 3.63) is 29.8 Å². The van der Waals surface area contributed by atoms with Crippen LogP contribution in [0, 0.1) is 5.41 Å². The van der Waals surface area contributed by atoms with Gasteiger partial charge in [-0.15, -0.1) is 11.6 Å². The minimum atomic E-state index is -0.702. The minimum Gasteiger partial charge on any atom is -0.366 e. The number of alkyl halides is 1. The molecule has 0 fully saturated rings. The van der Waals surface area contributed by atoms with E-state index in [-0.39, 0.29) is 17.4 Å². The maximum absolute atomic E-state index is 11.9. The Morgan fingerprint density at radius 1 is 1.35 bits per heavy atom. The van der Waals surface area contributed by atoms with Gasteiger partial charge in [0.15, 0.2) is 0 Å². The van der Waals surface area contributed by atoms with Gasteiger partial charge in [0.25, 0.3) is 5.91 Å². The first kappa shape index (κ1) is 13.5. The Morgan fingerprint density at radius 3 is 2.47 bits per heavy atom. The summed E-state index contributed by atoms with van der Waals surface area (Å²) in [4.78, 5) is 23.1. The van der Waals surface area contributed by atoms with Gasteiger partial charge >= 0.3 is 0 Å². The molecule has 0 aliphatic heterocycles. The third kappa shape index (κ3) is 3.20. The maximum Gasteiger partial charge on any atom is 0.250 e. The number of nitrogens with one attached hydrogen (secondary N) is 1. The summed E-state index contributed by atoms with van der Waals surface area (Å²) >= 11 is 5.70. The molecule has 92 valence electrons. The van der Waals surface area contributed by atoms with Gasteiger partial charge < -0.3 is 11.1 Å². The predicted octanol–water partition coefficient (Wildman–Crippen LogP) is 1.99. The first-order valence-corrected chi connectivity index (χ1v) is 5.68. The second-order valence-corrected chi connectivity index (χ2v) is 4.65. The van der Waals surface area contributed by atoms with E-state index in [0.29, 0.717) is 5.69 Å². The van der Waals surface area contributed by atoms with Crippen LogP contribution in [0.2, 0.25) is 0 Å². The summed E-state index contributed by atoms with van der Waals surface area (Å²) in [5, 5.41) is 2.66. The third-order valence-electron chi connectivity index (χ3n) is 2.39. The highest BCUT2D eigenvalue weighted by molar-refractivity contribution is 6.20. The second kappa shape index (κ2) is 5.19. The van der Waals surface area contributed by atoms with Crippen LogP contribution < -0.4 is 11.1 Å². The van der Waals surface area contributed by atoms with E-state index >= 15 is 0 Å². The standard InChI is InChI=1S/C12H15ClN2O2/c1-12(2,7-13)11(17)15-9-6-4-3-5-8(9)10(14)16/h3-6H,7H2,1-2H3,(H2,14,16)(H,15,17). The van der Waals surface area contributed by atoms with Crippen LogP contribution in [0.5, 0.6) is 0 Å². The molecule has 1 aromatic carbocycles. The van der Waals surface area contributed by atoms with Crippen LogP contribution in [0.1, 0.15) is 24.2 Å². The molecule has 0 spiro atoms. The van der Waals surface area contributed by atoms with Gasteiger partial charge in [-0.05, 0) is 26.0 Å². The number of primary amides is 1. The van der Waals surface area contributed by atoms with Crippen molar-refractivity contribution in [2.24, 2.45) is 11.1 Å². The average molecular weight is 255 g/mol. The predicted molar refractivity (Wildman–Crippen MR) is 68.1 cm³/mol. The van der Waals surface area contributed by atoms with Crippen molar-refractivity contribution in [1.82, 2.24) is 0 Å². The van der Waals surface area contributed by atoms with Crippen LogP contribution in [0.25, 0.3) is 0 Å². The SMILES string of the molecule is CC(C)(CCl)C(=O)Nc1ccccc1C(N)=O. The molecule has 0 aliphatic carbocycles. The fraction of sp³-hybridized carbons (Fsp3) is 0.333. The van der Waals surface area contributed by atoms with Crippen molar-refractivity contribution < 1.29 is 9.59 Å². The number of hydrogen-bond donors (Lipinski definition) is 2. The number of para-hydroxylation sites is 1. The number of benzene rings is 1. The molecule has 0 radical (unpaired) electrons. The van der Waals surface area contributed by atoms with Crippen LogP contribution in [0.3, 0.4) is 0 Å². The van der Waals surface area contributed by atoms with Gasteiger partial charge in [-0.2, -0.15) is 0 Å². The Labute approximate surface area is 105 Å². The maximum atomic E-state index is 11.9. The zero-order valence-corrected chi connectivity index (χ0v) is 10.5. The first-order chi connectivity index (χ1) is 7.88. The summed E-state index contributed by atoms with van der Waals surface area (Å²) in [6, 6.07) is 6.59. The number of rotatable bonds is 4. The fourth-order valence-corrected chi connectivity index (χ4v) is 1.28. The van der Waals surface area contributed by atoms with Crippen molar-refractivity contribution in [2.45, 2.75) is 13.8 Å². The Hall–Kier alpha value is -1.55. The summed E-state index contributed by atoms with van der Waals surface area (Å²) in [5.74, 6) is -0.636. The number of anilines is 1. The number of nitrogens with two attached hydrogens (primary N) is 1. The Morgan fingerprint density at radius 2 is 1.94 bits per heavy atom. The summed E-state index contributed by atoms with van der Waals surface area (Å²) in [7, 11) is 0. The number of halogens is 1. The van der Waals surface area contributed by atoms with Crippen LogP contribution in [-0.4, -0.2) is 17.7 Å². The summed E-state index contributed by atoms with van der Waals surface area (Å²) < 4.78 is 0. The van der Waals surface area contributed by atoms with Crippen LogP contribution >= 0.6 is 11.6 Å². The molecule has 0 saturated carbocycles. The lowest BCUT2D eigenvalue weighted by atomic mass is 9.95. The molecule has 5 heteroatoms. The summed E-state index contributed by atoms with van der Waals surface area (Å²) in [5.41, 5.74) is 5.20. The normalized spacial score (nSPS) is 11.0. The molecule has 0 aromatic heterocycles. The van der Waals surface area contributed by atoms with E-state index in [1.165, 1.54) is 0 Å². The molecule has 0 aliphatic rings. The lowest BCUT2D eigenvalue weighted by Gasteiger charge is -2.21. The molecule has 0 saturated heterocycles. The van der Waals surface area contributed by atoms with Gasteiger partial charge in [0, 0.05) is 5.88 Å². The van der Waals surface area contributed by atoms with E-state index < -0.39 is 11.3 Å². The number of hydrogen-bond acceptors (Lipinski definition) is 2. The van der Waals surface area contributed by atoms with Crippen LogP contribution in [0.15, 0.2) is 24.3 Å². The van der Waals surface area contributed by atoms with Crippen molar-refractivity contribution >= 4 is 29.1 Å². The fourth-order valence-electron chi connectivity index (χ4n) is 1.16. The molecule has 1 aromatic rings. The quantitative estimate of drug-likeness (QED) is 0.807. The first-order valence-electron chi connectivity index (χ1n) is 5.15. The number of amides is 2. The average Bonchev–Trinajstić information content (AvgIpc) is 2.29. The highest BCUT2D eigenvalue weighted by atomic mass is 35.5. The summed E-state index contributed by atoms with van der Waals surface area (Å²) in [6.45, 7) is 3.45. The van der Waals surface area contributed by atoms with Gasteiger partial charge in [0.05, 0.1) is 16.7 Å². The molecule has 0 bridgehead atoms. The lowest BCUT2D eigenvalue weighted by molar-refractivity contribution is -0.122. The molecular formula is C12H15ClN2O2. The molecule has 0 atom stereocenters. The Balaban J connectivity index is 2.97. The summed E-state index contributed by atoms with van der Waals surface area (Å²) in [6.07, 6.45) is 0. The molecule has 2 amide bonds. The van der Waals surface area contributed by atoms with E-state index in [2.05, 4.69) is 5.32 Å². The third-order valence-corrected chi connectivity index (χ3v) is 3.06. The Bertz CT molecular complexity index is 444. The van der Waals surface area contributed by atoms with E-state index in [0.717, 1.165) is 0 Å². The van der Waals surface area contributed by atoms with E-state index in [4.69, 9.17) is 17.3 Å². The molecule has 17 heavy (non-hydrogen) atoms. The zero-order valence-electron chi connectivity index (χ0n) is 9.79. The van der Waals surface area contributed by atoms with Gasteiger partial charge in [-0.1, -0.05) is 12.1 Å². The van der Waals surface area contributed by atoms with Crippen molar-refractivity contribution in [3.63, 3.8) is 0 Å². The number of carbonyl (C=O) groups is 2. The van der Waals surface area contributed by atoms with Gasteiger partial charge in [-0.3, -0.25) is 9.59 Å². The van der Waals surface area contributed by atoms with Crippen molar-refractivity contribution in [1.29, 1.82) is 0 Å². The molecule has 0 heterocycles. The zero-order chi connectivity index (χ0) is 13.1. The largest absolute Gasteiger partial charge is 0.366 e. The van der Waals surface area contributed by atoms with Crippen molar-refractivity contribution in [3.8, 4) is 0 Å². The smallest absolute Gasteiger partial charge is 0.250 e. The van der Waals surface area contributed by atoms with E-state index in [1.54, 1.807) is 38.1 Å². The van der Waals surface area contributed by atoms with Gasteiger partial charge in [0.2, 0.25) is 5.91 Å². The lowest BCUT2D eigenvalue weighted by Crippen LogP contribution is -2.33. The Kier molecular flexibility index (Phi) is 4.12. The number of carbonyl (C=O) groups excluding carboxylic acids is 2. The monoisotopic (exact) mass is 254 g/mol.